The van der Waals surface area contributed by atoms with Crippen LogP contribution in [0.4, 0.5) is 0 Å². The van der Waals surface area contributed by atoms with E-state index in [9.17, 15) is 5.11 Å². The standard InChI is InChI=1S/C18H28O/c19-12-18-10-3-6-17(18)16-8-7-13-4-1-2-5-14(13)15(16)9-11-18/h4,14-17,19H,1-3,5-12H2/t14-,15+,16+,17-,18-/m0/s1. The summed E-state index contributed by atoms with van der Waals surface area (Å²) >= 11 is 0. The lowest BCUT2D eigenvalue weighted by Gasteiger charge is -2.53. The van der Waals surface area contributed by atoms with Crippen LogP contribution in [0.5, 0.6) is 0 Å². The first-order chi connectivity index (χ1) is 9.34. The Morgan fingerprint density at radius 1 is 1.05 bits per heavy atom. The second-order valence-electron chi connectivity index (χ2n) is 7.74. The van der Waals surface area contributed by atoms with Crippen molar-refractivity contribution in [2.75, 3.05) is 6.61 Å². The van der Waals surface area contributed by atoms with E-state index in [4.69, 9.17) is 0 Å². The predicted octanol–water partition coefficient (Wildman–Crippen LogP) is 4.31. The predicted molar refractivity (Wildman–Crippen MR) is 77.7 cm³/mol. The first-order valence-corrected chi connectivity index (χ1v) is 8.64. The quantitative estimate of drug-likeness (QED) is 0.696. The SMILES string of the molecule is OC[C@@]12CCC[C@H]1[C@@H]1CCC3=CCCC[C@@H]3[C@H]1CC2. The van der Waals surface area contributed by atoms with Crippen molar-refractivity contribution in [3.8, 4) is 0 Å². The highest BCUT2D eigenvalue weighted by molar-refractivity contribution is 5.17. The van der Waals surface area contributed by atoms with E-state index in [2.05, 4.69) is 6.08 Å². The van der Waals surface area contributed by atoms with Crippen molar-refractivity contribution < 1.29 is 5.11 Å². The van der Waals surface area contributed by atoms with E-state index in [0.29, 0.717) is 12.0 Å². The number of rotatable bonds is 1. The Morgan fingerprint density at radius 2 is 2.00 bits per heavy atom. The van der Waals surface area contributed by atoms with Gasteiger partial charge in [0.2, 0.25) is 0 Å². The molecule has 3 fully saturated rings. The van der Waals surface area contributed by atoms with Gasteiger partial charge in [-0.2, -0.15) is 0 Å². The molecule has 0 heterocycles. The zero-order valence-electron chi connectivity index (χ0n) is 12.1. The Kier molecular flexibility index (Phi) is 3.02. The van der Waals surface area contributed by atoms with Gasteiger partial charge in [-0.3, -0.25) is 0 Å². The second kappa shape index (κ2) is 4.62. The molecule has 0 aromatic rings. The number of hydrogen-bond donors (Lipinski definition) is 1. The molecular weight excluding hydrogens is 232 g/mol. The summed E-state index contributed by atoms with van der Waals surface area (Å²) in [6.45, 7) is 0.467. The van der Waals surface area contributed by atoms with Gasteiger partial charge in [-0.05, 0) is 86.9 Å². The molecule has 5 atom stereocenters. The summed E-state index contributed by atoms with van der Waals surface area (Å²) in [5.74, 6) is 3.72. The van der Waals surface area contributed by atoms with Crippen LogP contribution >= 0.6 is 0 Å². The molecular formula is C18H28O. The molecule has 106 valence electrons. The largest absolute Gasteiger partial charge is 0.396 e. The number of aliphatic hydroxyl groups excluding tert-OH is 1. The molecule has 4 aliphatic carbocycles. The molecule has 0 bridgehead atoms. The highest BCUT2D eigenvalue weighted by Gasteiger charge is 2.53. The first kappa shape index (κ1) is 12.4. The van der Waals surface area contributed by atoms with Gasteiger partial charge in [0.1, 0.15) is 0 Å². The van der Waals surface area contributed by atoms with E-state index in [1.807, 2.05) is 5.57 Å². The van der Waals surface area contributed by atoms with Crippen LogP contribution < -0.4 is 0 Å². The number of fused-ring (bicyclic) bond motifs is 5. The maximum atomic E-state index is 9.96. The summed E-state index contributed by atoms with van der Waals surface area (Å²) in [5.41, 5.74) is 2.17. The van der Waals surface area contributed by atoms with Gasteiger partial charge in [0.05, 0.1) is 0 Å². The highest BCUT2D eigenvalue weighted by Crippen LogP contribution is 2.61. The minimum atomic E-state index is 0.344. The van der Waals surface area contributed by atoms with Crippen LogP contribution in [0, 0.1) is 29.1 Å². The van der Waals surface area contributed by atoms with Crippen molar-refractivity contribution >= 4 is 0 Å². The molecule has 0 aliphatic heterocycles. The molecule has 3 saturated carbocycles. The minimum absolute atomic E-state index is 0.344. The second-order valence-corrected chi connectivity index (χ2v) is 7.74. The molecule has 0 aromatic heterocycles. The van der Waals surface area contributed by atoms with Gasteiger partial charge in [0.15, 0.2) is 0 Å². The average molecular weight is 260 g/mol. The van der Waals surface area contributed by atoms with Gasteiger partial charge in [-0.25, -0.2) is 0 Å². The fraction of sp³-hybridized carbons (Fsp3) is 0.889. The van der Waals surface area contributed by atoms with Gasteiger partial charge >= 0.3 is 0 Å². The molecule has 1 nitrogen and oxygen atoms in total. The third-order valence-electron chi connectivity index (χ3n) is 7.22. The third-order valence-corrected chi connectivity index (χ3v) is 7.22. The van der Waals surface area contributed by atoms with E-state index < -0.39 is 0 Å². The van der Waals surface area contributed by atoms with E-state index in [1.165, 1.54) is 64.2 Å². The van der Waals surface area contributed by atoms with Gasteiger partial charge in [-0.15, -0.1) is 0 Å². The molecule has 1 heteroatoms. The lowest BCUT2D eigenvalue weighted by molar-refractivity contribution is -0.0419. The molecule has 4 aliphatic rings. The molecule has 0 spiro atoms. The van der Waals surface area contributed by atoms with Crippen LogP contribution in [0.2, 0.25) is 0 Å². The highest BCUT2D eigenvalue weighted by atomic mass is 16.3. The summed E-state index contributed by atoms with van der Waals surface area (Å²) in [5, 5.41) is 9.96. The van der Waals surface area contributed by atoms with E-state index in [1.54, 1.807) is 0 Å². The Labute approximate surface area is 117 Å². The Hall–Kier alpha value is -0.300. The summed E-state index contributed by atoms with van der Waals surface area (Å²) in [6.07, 6.45) is 16.4. The van der Waals surface area contributed by atoms with Crippen LogP contribution in [0.25, 0.3) is 0 Å². The lowest BCUT2D eigenvalue weighted by atomic mass is 9.52. The molecule has 0 saturated heterocycles. The molecule has 1 N–H and O–H groups in total. The number of allylic oxidation sites excluding steroid dienone is 2. The van der Waals surface area contributed by atoms with Crippen molar-refractivity contribution in [2.24, 2.45) is 29.1 Å². The average Bonchev–Trinajstić information content (AvgIpc) is 2.91. The summed E-state index contributed by atoms with van der Waals surface area (Å²) in [4.78, 5) is 0. The summed E-state index contributed by atoms with van der Waals surface area (Å²) in [6, 6.07) is 0. The number of hydrogen-bond acceptors (Lipinski definition) is 1. The maximum Gasteiger partial charge on any atom is 0.0490 e. The van der Waals surface area contributed by atoms with Gasteiger partial charge in [0.25, 0.3) is 0 Å². The lowest BCUT2D eigenvalue weighted by Crippen LogP contribution is -2.46. The van der Waals surface area contributed by atoms with E-state index in [0.717, 1.165) is 23.7 Å². The fourth-order valence-corrected chi connectivity index (χ4v) is 6.37. The maximum absolute atomic E-state index is 9.96. The monoisotopic (exact) mass is 260 g/mol. The van der Waals surface area contributed by atoms with Crippen LogP contribution in [0.3, 0.4) is 0 Å². The normalized spacial score (nSPS) is 49.0. The Bertz CT molecular complexity index is 385. The number of aliphatic hydroxyl groups is 1. The van der Waals surface area contributed by atoms with Crippen molar-refractivity contribution in [3.05, 3.63) is 11.6 Å². The van der Waals surface area contributed by atoms with Crippen LogP contribution in [0.1, 0.15) is 64.2 Å². The van der Waals surface area contributed by atoms with Crippen LogP contribution in [-0.2, 0) is 0 Å². The molecule has 0 aromatic carbocycles. The van der Waals surface area contributed by atoms with E-state index in [-0.39, 0.29) is 0 Å². The van der Waals surface area contributed by atoms with Crippen molar-refractivity contribution in [1.82, 2.24) is 0 Å². The summed E-state index contributed by atoms with van der Waals surface area (Å²) in [7, 11) is 0. The van der Waals surface area contributed by atoms with Crippen molar-refractivity contribution in [3.63, 3.8) is 0 Å². The zero-order chi connectivity index (χ0) is 12.9. The minimum Gasteiger partial charge on any atom is -0.396 e. The van der Waals surface area contributed by atoms with Crippen LogP contribution in [-0.4, -0.2) is 11.7 Å². The molecule has 0 unspecified atom stereocenters. The van der Waals surface area contributed by atoms with E-state index >= 15 is 0 Å². The fourth-order valence-electron chi connectivity index (χ4n) is 6.37. The smallest absolute Gasteiger partial charge is 0.0490 e. The zero-order valence-corrected chi connectivity index (χ0v) is 12.1. The first-order valence-electron chi connectivity index (χ1n) is 8.64. The molecule has 0 amide bonds. The molecule has 4 rings (SSSR count). The molecule has 0 radical (unpaired) electrons. The summed E-state index contributed by atoms with van der Waals surface area (Å²) < 4.78 is 0. The van der Waals surface area contributed by atoms with Gasteiger partial charge < -0.3 is 5.11 Å². The van der Waals surface area contributed by atoms with Gasteiger partial charge in [0, 0.05) is 6.61 Å². The third kappa shape index (κ3) is 1.77. The van der Waals surface area contributed by atoms with Crippen LogP contribution in [0.15, 0.2) is 11.6 Å². The van der Waals surface area contributed by atoms with Crippen molar-refractivity contribution in [1.29, 1.82) is 0 Å². The van der Waals surface area contributed by atoms with Crippen molar-refractivity contribution in [2.45, 2.75) is 64.2 Å². The topological polar surface area (TPSA) is 20.2 Å². The molecule has 19 heavy (non-hydrogen) atoms. The Morgan fingerprint density at radius 3 is 2.89 bits per heavy atom. The van der Waals surface area contributed by atoms with Gasteiger partial charge in [-0.1, -0.05) is 18.1 Å². The Balaban J connectivity index is 1.62.